The van der Waals surface area contributed by atoms with Crippen LogP contribution in [0.3, 0.4) is 0 Å². The molecule has 4 heteroatoms. The van der Waals surface area contributed by atoms with Gasteiger partial charge >= 0.3 is 0 Å². The van der Waals surface area contributed by atoms with Crippen LogP contribution in [0.2, 0.25) is 0 Å². The van der Waals surface area contributed by atoms with Crippen molar-refractivity contribution in [3.63, 3.8) is 0 Å². The van der Waals surface area contributed by atoms with Gasteiger partial charge in [-0.2, -0.15) is 5.10 Å². The highest BCUT2D eigenvalue weighted by molar-refractivity contribution is 5.45. The second kappa shape index (κ2) is 3.05. The van der Waals surface area contributed by atoms with Crippen LogP contribution in [-0.4, -0.2) is 20.6 Å². The van der Waals surface area contributed by atoms with Crippen LogP contribution in [0, 0.1) is 0 Å². The molecule has 2 rings (SSSR count). The quantitative estimate of drug-likeness (QED) is 0.754. The Hall–Kier alpha value is -1.58. The predicted molar refractivity (Wildman–Crippen MR) is 51.7 cm³/mol. The van der Waals surface area contributed by atoms with E-state index in [4.69, 9.17) is 0 Å². The van der Waals surface area contributed by atoms with Gasteiger partial charge in [0.15, 0.2) is 5.65 Å². The molecule has 13 heavy (non-hydrogen) atoms. The van der Waals surface area contributed by atoms with Crippen LogP contribution in [0.4, 0.5) is 5.69 Å². The molecule has 0 atom stereocenters. The van der Waals surface area contributed by atoms with Crippen molar-refractivity contribution in [2.45, 2.75) is 19.9 Å². The zero-order chi connectivity index (χ0) is 9.26. The van der Waals surface area contributed by atoms with Gasteiger partial charge in [-0.1, -0.05) is 0 Å². The van der Waals surface area contributed by atoms with E-state index in [1.54, 1.807) is 10.7 Å². The molecule has 2 aromatic rings. The number of aromatic nitrogens is 3. The van der Waals surface area contributed by atoms with E-state index in [0.717, 1.165) is 11.3 Å². The second-order valence-electron chi connectivity index (χ2n) is 3.28. The number of nitrogens with one attached hydrogen (secondary N) is 1. The number of fused-ring (bicyclic) bond motifs is 1. The molecular weight excluding hydrogens is 164 g/mol. The Morgan fingerprint density at radius 1 is 1.46 bits per heavy atom. The van der Waals surface area contributed by atoms with Crippen LogP contribution in [-0.2, 0) is 0 Å². The highest BCUT2D eigenvalue weighted by Gasteiger charge is 1.98. The maximum atomic E-state index is 4.23. The normalized spacial score (nSPS) is 11.0. The SMILES string of the molecule is CC(C)Nc1cnc2ccnn2c1. The molecular formula is C9H12N4. The van der Waals surface area contributed by atoms with Crippen molar-refractivity contribution in [3.05, 3.63) is 24.7 Å². The van der Waals surface area contributed by atoms with Gasteiger partial charge in [-0.15, -0.1) is 0 Å². The molecule has 0 aromatic carbocycles. The average Bonchev–Trinajstić information content (AvgIpc) is 2.49. The maximum absolute atomic E-state index is 4.23. The molecule has 0 aliphatic heterocycles. The molecule has 0 amide bonds. The van der Waals surface area contributed by atoms with Crippen LogP contribution < -0.4 is 5.32 Å². The third-order valence-electron chi connectivity index (χ3n) is 1.70. The Bertz CT molecular complexity index is 405. The van der Waals surface area contributed by atoms with Gasteiger partial charge in [0.25, 0.3) is 0 Å². The van der Waals surface area contributed by atoms with Gasteiger partial charge in [-0.25, -0.2) is 9.50 Å². The Morgan fingerprint density at radius 3 is 3.08 bits per heavy atom. The lowest BCUT2D eigenvalue weighted by molar-refractivity contribution is 0.880. The van der Waals surface area contributed by atoms with Crippen molar-refractivity contribution in [1.29, 1.82) is 0 Å². The van der Waals surface area contributed by atoms with E-state index >= 15 is 0 Å². The third kappa shape index (κ3) is 1.61. The fraction of sp³-hybridized carbons (Fsp3) is 0.333. The van der Waals surface area contributed by atoms with Gasteiger partial charge < -0.3 is 5.32 Å². The van der Waals surface area contributed by atoms with Crippen LogP contribution in [0.1, 0.15) is 13.8 Å². The summed E-state index contributed by atoms with van der Waals surface area (Å²) in [5.41, 5.74) is 1.86. The van der Waals surface area contributed by atoms with Crippen molar-refractivity contribution in [2.24, 2.45) is 0 Å². The van der Waals surface area contributed by atoms with Gasteiger partial charge in [0, 0.05) is 12.1 Å². The lowest BCUT2D eigenvalue weighted by Crippen LogP contribution is -2.10. The van der Waals surface area contributed by atoms with Gasteiger partial charge in [-0.05, 0) is 13.8 Å². The molecule has 2 aromatic heterocycles. The molecule has 0 bridgehead atoms. The predicted octanol–water partition coefficient (Wildman–Crippen LogP) is 1.55. The van der Waals surface area contributed by atoms with Crippen LogP contribution >= 0.6 is 0 Å². The van der Waals surface area contributed by atoms with E-state index in [1.807, 2.05) is 18.5 Å². The summed E-state index contributed by atoms with van der Waals surface area (Å²) in [5, 5.41) is 7.36. The van der Waals surface area contributed by atoms with Crippen molar-refractivity contribution >= 4 is 11.3 Å². The number of nitrogens with zero attached hydrogens (tertiary/aromatic N) is 3. The molecule has 0 spiro atoms. The lowest BCUT2D eigenvalue weighted by atomic mass is 10.4. The lowest BCUT2D eigenvalue weighted by Gasteiger charge is -2.08. The Labute approximate surface area is 76.6 Å². The van der Waals surface area contributed by atoms with Crippen molar-refractivity contribution in [3.8, 4) is 0 Å². The Kier molecular flexibility index (Phi) is 1.88. The summed E-state index contributed by atoms with van der Waals surface area (Å²) in [7, 11) is 0. The zero-order valence-corrected chi connectivity index (χ0v) is 7.73. The molecule has 0 fully saturated rings. The molecule has 1 N–H and O–H groups in total. The molecule has 68 valence electrons. The van der Waals surface area contributed by atoms with Gasteiger partial charge in [0.05, 0.1) is 24.3 Å². The summed E-state index contributed by atoms with van der Waals surface area (Å²) in [5.74, 6) is 0. The maximum Gasteiger partial charge on any atom is 0.155 e. The van der Waals surface area contributed by atoms with Crippen molar-refractivity contribution < 1.29 is 0 Å². The van der Waals surface area contributed by atoms with Crippen LogP contribution in [0.5, 0.6) is 0 Å². The number of anilines is 1. The standard InChI is InChI=1S/C9H12N4/c1-7(2)12-8-5-10-9-3-4-11-13(9)6-8/h3-7,12H,1-2H3. The summed E-state index contributed by atoms with van der Waals surface area (Å²) in [6.45, 7) is 4.18. The summed E-state index contributed by atoms with van der Waals surface area (Å²) in [4.78, 5) is 4.23. The minimum atomic E-state index is 0.412. The molecule has 0 saturated carbocycles. The van der Waals surface area contributed by atoms with Gasteiger partial charge in [-0.3, -0.25) is 0 Å². The fourth-order valence-electron chi connectivity index (χ4n) is 1.22. The molecule has 0 saturated heterocycles. The summed E-state index contributed by atoms with van der Waals surface area (Å²) in [6.07, 6.45) is 5.49. The molecule has 2 heterocycles. The van der Waals surface area contributed by atoms with E-state index < -0.39 is 0 Å². The largest absolute Gasteiger partial charge is 0.380 e. The van der Waals surface area contributed by atoms with E-state index in [9.17, 15) is 0 Å². The summed E-state index contributed by atoms with van der Waals surface area (Å²) >= 11 is 0. The summed E-state index contributed by atoms with van der Waals surface area (Å²) < 4.78 is 1.75. The zero-order valence-electron chi connectivity index (χ0n) is 7.73. The molecule has 0 aliphatic carbocycles. The van der Waals surface area contributed by atoms with E-state index in [0.29, 0.717) is 6.04 Å². The average molecular weight is 176 g/mol. The van der Waals surface area contributed by atoms with E-state index in [2.05, 4.69) is 29.2 Å². The Morgan fingerprint density at radius 2 is 2.31 bits per heavy atom. The molecule has 0 unspecified atom stereocenters. The minimum Gasteiger partial charge on any atom is -0.380 e. The molecule has 0 aliphatic rings. The smallest absolute Gasteiger partial charge is 0.155 e. The summed E-state index contributed by atoms with van der Waals surface area (Å²) in [6, 6.07) is 2.29. The van der Waals surface area contributed by atoms with Crippen LogP contribution in [0.25, 0.3) is 5.65 Å². The Balaban J connectivity index is 2.37. The van der Waals surface area contributed by atoms with Gasteiger partial charge in [0.2, 0.25) is 0 Å². The highest BCUT2D eigenvalue weighted by atomic mass is 15.2. The minimum absolute atomic E-state index is 0.412. The van der Waals surface area contributed by atoms with E-state index in [-0.39, 0.29) is 0 Å². The fourth-order valence-corrected chi connectivity index (χ4v) is 1.22. The number of rotatable bonds is 2. The van der Waals surface area contributed by atoms with Gasteiger partial charge in [0.1, 0.15) is 0 Å². The molecule has 4 nitrogen and oxygen atoms in total. The number of hydrogen-bond acceptors (Lipinski definition) is 3. The van der Waals surface area contributed by atoms with Crippen molar-refractivity contribution in [1.82, 2.24) is 14.6 Å². The first kappa shape index (κ1) is 8.04. The van der Waals surface area contributed by atoms with E-state index in [1.165, 1.54) is 0 Å². The highest BCUT2D eigenvalue weighted by Crippen LogP contribution is 2.07. The second-order valence-corrected chi connectivity index (χ2v) is 3.28. The third-order valence-corrected chi connectivity index (χ3v) is 1.70. The first-order valence-corrected chi connectivity index (χ1v) is 4.31. The first-order chi connectivity index (χ1) is 6.25. The topological polar surface area (TPSA) is 42.2 Å². The van der Waals surface area contributed by atoms with Crippen LogP contribution in [0.15, 0.2) is 24.7 Å². The van der Waals surface area contributed by atoms with Crippen molar-refractivity contribution in [2.75, 3.05) is 5.32 Å². The monoisotopic (exact) mass is 176 g/mol. The number of hydrogen-bond donors (Lipinski definition) is 1. The first-order valence-electron chi connectivity index (χ1n) is 4.31. The molecule has 0 radical (unpaired) electrons.